The molecule has 2 aliphatic heterocycles. The van der Waals surface area contributed by atoms with Crippen LogP contribution >= 0.6 is 0 Å². The van der Waals surface area contributed by atoms with Gasteiger partial charge in [0.05, 0.1) is 16.8 Å². The Bertz CT molecular complexity index is 482. The molecule has 0 radical (unpaired) electrons. The van der Waals surface area contributed by atoms with Crippen molar-refractivity contribution in [1.82, 2.24) is 4.31 Å². The second kappa shape index (κ2) is 4.51. The lowest BCUT2D eigenvalue weighted by Crippen LogP contribution is -2.44. The van der Waals surface area contributed by atoms with E-state index in [1.807, 2.05) is 6.92 Å². The van der Waals surface area contributed by atoms with E-state index < -0.39 is 25.1 Å². The summed E-state index contributed by atoms with van der Waals surface area (Å²) in [6.07, 6.45) is 2.18. The van der Waals surface area contributed by atoms with Crippen molar-refractivity contribution in [3.63, 3.8) is 0 Å². The number of sulfone groups is 1. The Morgan fingerprint density at radius 2 is 1.94 bits per heavy atom. The van der Waals surface area contributed by atoms with Gasteiger partial charge in [-0.1, -0.05) is 6.92 Å². The first-order chi connectivity index (χ1) is 7.81. The van der Waals surface area contributed by atoms with Gasteiger partial charge in [0.1, 0.15) is 0 Å². The molecule has 5 nitrogen and oxygen atoms in total. The highest BCUT2D eigenvalue weighted by Gasteiger charge is 2.41. The number of sulfonamides is 1. The first-order valence-corrected chi connectivity index (χ1v) is 9.33. The number of piperidine rings is 1. The number of rotatable bonds is 2. The van der Waals surface area contributed by atoms with Gasteiger partial charge in [-0.05, 0) is 25.2 Å². The fourth-order valence-corrected chi connectivity index (χ4v) is 7.27. The lowest BCUT2D eigenvalue weighted by molar-refractivity contribution is 0.279. The van der Waals surface area contributed by atoms with Crippen molar-refractivity contribution in [2.75, 3.05) is 24.6 Å². The molecule has 0 aromatic rings. The van der Waals surface area contributed by atoms with Gasteiger partial charge in [0.15, 0.2) is 9.84 Å². The van der Waals surface area contributed by atoms with Crippen molar-refractivity contribution < 1.29 is 16.8 Å². The standard InChI is InChI=1S/C10H19NO4S2/c1-9-3-2-5-11(7-9)17(14,15)10-4-6-16(12,13)8-10/h9-10H,2-8H2,1H3. The number of hydrogen-bond donors (Lipinski definition) is 0. The largest absolute Gasteiger partial charge is 0.229 e. The smallest absolute Gasteiger partial charge is 0.218 e. The molecule has 2 unspecified atom stereocenters. The molecular formula is C10H19NO4S2. The van der Waals surface area contributed by atoms with E-state index >= 15 is 0 Å². The van der Waals surface area contributed by atoms with Gasteiger partial charge in [0.2, 0.25) is 10.0 Å². The van der Waals surface area contributed by atoms with Gasteiger partial charge >= 0.3 is 0 Å². The minimum Gasteiger partial charge on any atom is -0.229 e. The summed E-state index contributed by atoms with van der Waals surface area (Å²) in [5, 5.41) is -0.710. The van der Waals surface area contributed by atoms with Gasteiger partial charge in [-0.2, -0.15) is 0 Å². The van der Waals surface area contributed by atoms with Crippen LogP contribution in [0.4, 0.5) is 0 Å². The zero-order valence-electron chi connectivity index (χ0n) is 10.0. The van der Waals surface area contributed by atoms with Crippen LogP contribution in [0.25, 0.3) is 0 Å². The Morgan fingerprint density at radius 3 is 2.47 bits per heavy atom. The van der Waals surface area contributed by atoms with Crippen LogP contribution in [0.15, 0.2) is 0 Å². The molecule has 100 valence electrons. The minimum absolute atomic E-state index is 0.0142. The highest BCUT2D eigenvalue weighted by Crippen LogP contribution is 2.26. The van der Waals surface area contributed by atoms with E-state index in [9.17, 15) is 16.8 Å². The van der Waals surface area contributed by atoms with E-state index in [0.29, 0.717) is 19.0 Å². The summed E-state index contributed by atoms with van der Waals surface area (Å²) in [5.74, 6) is 0.192. The fourth-order valence-electron chi connectivity index (χ4n) is 2.58. The monoisotopic (exact) mass is 281 g/mol. The topological polar surface area (TPSA) is 71.5 Å². The molecule has 17 heavy (non-hydrogen) atoms. The van der Waals surface area contributed by atoms with Crippen molar-refractivity contribution in [2.45, 2.75) is 31.4 Å². The van der Waals surface area contributed by atoms with Gasteiger partial charge in [-0.25, -0.2) is 21.1 Å². The van der Waals surface area contributed by atoms with Crippen LogP contribution in [0.2, 0.25) is 0 Å². The van der Waals surface area contributed by atoms with Gasteiger partial charge < -0.3 is 0 Å². The lowest BCUT2D eigenvalue weighted by atomic mass is 10.0. The molecule has 0 aromatic heterocycles. The summed E-state index contributed by atoms with van der Waals surface area (Å²) in [4.78, 5) is 0. The SMILES string of the molecule is CC1CCCN(S(=O)(=O)C2CCS(=O)(=O)C2)C1. The molecule has 0 spiro atoms. The highest BCUT2D eigenvalue weighted by molar-refractivity contribution is 7.95. The molecule has 2 saturated heterocycles. The van der Waals surface area contributed by atoms with Crippen molar-refractivity contribution in [3.05, 3.63) is 0 Å². The normalized spacial score (nSPS) is 34.9. The molecule has 2 aliphatic rings. The summed E-state index contributed by atoms with van der Waals surface area (Å²) in [6, 6.07) is 0. The summed E-state index contributed by atoms with van der Waals surface area (Å²) in [5.41, 5.74) is 0. The number of nitrogens with zero attached hydrogens (tertiary/aromatic N) is 1. The van der Waals surface area contributed by atoms with Crippen LogP contribution in [0, 0.1) is 5.92 Å². The maximum Gasteiger partial charge on any atom is 0.218 e. The summed E-state index contributed by atoms with van der Waals surface area (Å²) in [6.45, 7) is 3.12. The summed E-state index contributed by atoms with van der Waals surface area (Å²) < 4.78 is 48.8. The van der Waals surface area contributed by atoms with Crippen molar-refractivity contribution in [3.8, 4) is 0 Å². The third-order valence-electron chi connectivity index (χ3n) is 3.59. The molecule has 0 aliphatic carbocycles. The molecule has 2 heterocycles. The maximum absolute atomic E-state index is 12.3. The zero-order valence-corrected chi connectivity index (χ0v) is 11.6. The third-order valence-corrected chi connectivity index (χ3v) is 7.87. The molecular weight excluding hydrogens is 262 g/mol. The average molecular weight is 281 g/mol. The van der Waals surface area contributed by atoms with E-state index in [0.717, 1.165) is 12.8 Å². The van der Waals surface area contributed by atoms with E-state index in [-0.39, 0.29) is 17.9 Å². The quantitative estimate of drug-likeness (QED) is 0.726. The van der Waals surface area contributed by atoms with Crippen molar-refractivity contribution in [2.24, 2.45) is 5.92 Å². The summed E-state index contributed by atoms with van der Waals surface area (Å²) in [7, 11) is -6.55. The molecule has 7 heteroatoms. The van der Waals surface area contributed by atoms with Crippen LogP contribution < -0.4 is 0 Å². The van der Waals surface area contributed by atoms with Crippen LogP contribution in [-0.2, 0) is 19.9 Å². The zero-order chi connectivity index (χ0) is 12.7. The second-order valence-corrected chi connectivity index (χ2v) is 9.62. The Hall–Kier alpha value is -0.140. The van der Waals surface area contributed by atoms with Gasteiger partial charge in [0, 0.05) is 13.1 Å². The average Bonchev–Trinajstić information content (AvgIpc) is 2.59. The second-order valence-electron chi connectivity index (χ2n) is 5.18. The third kappa shape index (κ3) is 2.82. The molecule has 0 amide bonds. The fraction of sp³-hybridized carbons (Fsp3) is 1.00. The van der Waals surface area contributed by atoms with Crippen LogP contribution in [0.1, 0.15) is 26.2 Å². The Labute approximate surface area is 103 Å². The Morgan fingerprint density at radius 1 is 1.24 bits per heavy atom. The molecule has 0 bridgehead atoms. The van der Waals surface area contributed by atoms with Crippen LogP contribution in [0.5, 0.6) is 0 Å². The lowest BCUT2D eigenvalue weighted by Gasteiger charge is -2.31. The van der Waals surface area contributed by atoms with Crippen LogP contribution in [0.3, 0.4) is 0 Å². The van der Waals surface area contributed by atoms with Gasteiger partial charge in [0.25, 0.3) is 0 Å². The Balaban J connectivity index is 2.14. The molecule has 0 aromatic carbocycles. The van der Waals surface area contributed by atoms with Gasteiger partial charge in [-0.15, -0.1) is 0 Å². The Kier molecular flexibility index (Phi) is 3.53. The van der Waals surface area contributed by atoms with E-state index in [1.165, 1.54) is 4.31 Å². The predicted molar refractivity (Wildman–Crippen MR) is 65.9 cm³/mol. The predicted octanol–water partition coefficient (Wildman–Crippen LogP) is 0.235. The van der Waals surface area contributed by atoms with Crippen molar-refractivity contribution >= 4 is 19.9 Å². The highest BCUT2D eigenvalue weighted by atomic mass is 32.2. The first-order valence-electron chi connectivity index (χ1n) is 6.01. The molecule has 0 saturated carbocycles. The molecule has 2 atom stereocenters. The van der Waals surface area contributed by atoms with E-state index in [1.54, 1.807) is 0 Å². The van der Waals surface area contributed by atoms with Gasteiger partial charge in [-0.3, -0.25) is 0 Å². The number of hydrogen-bond acceptors (Lipinski definition) is 4. The summed E-state index contributed by atoms with van der Waals surface area (Å²) >= 11 is 0. The molecule has 2 fully saturated rings. The maximum atomic E-state index is 12.3. The first kappa shape index (κ1) is 13.3. The molecule has 0 N–H and O–H groups in total. The van der Waals surface area contributed by atoms with Crippen LogP contribution in [-0.4, -0.2) is 51.0 Å². The van der Waals surface area contributed by atoms with E-state index in [4.69, 9.17) is 0 Å². The van der Waals surface area contributed by atoms with Crippen molar-refractivity contribution in [1.29, 1.82) is 0 Å². The molecule has 2 rings (SSSR count). The minimum atomic E-state index is -3.41. The van der Waals surface area contributed by atoms with E-state index in [2.05, 4.69) is 0 Å².